The van der Waals surface area contributed by atoms with Crippen LogP contribution in [0.3, 0.4) is 0 Å². The lowest BCUT2D eigenvalue weighted by atomic mass is 10.1. The molecule has 15 heteroatoms. The van der Waals surface area contributed by atoms with E-state index < -0.39 is 30.9 Å². The van der Waals surface area contributed by atoms with Gasteiger partial charge in [0.1, 0.15) is 0 Å². The van der Waals surface area contributed by atoms with Gasteiger partial charge < -0.3 is 20.8 Å². The molecule has 2 aromatic carbocycles. The van der Waals surface area contributed by atoms with Gasteiger partial charge in [0, 0.05) is 33.8 Å². The molecular weight excluding hydrogens is 645 g/mol. The molecule has 6 N–H and O–H groups in total. The number of carboxylic acids is 2. The van der Waals surface area contributed by atoms with Crippen LogP contribution in [-0.4, -0.2) is 89.6 Å². The lowest BCUT2D eigenvalue weighted by Gasteiger charge is -2.25. The minimum atomic E-state index is -1.13. The molecule has 0 aromatic heterocycles. The zero-order valence-corrected chi connectivity index (χ0v) is 23.9. The van der Waals surface area contributed by atoms with E-state index in [2.05, 4.69) is 42.5 Å². The molecule has 13 nitrogen and oxygen atoms in total. The van der Waals surface area contributed by atoms with Gasteiger partial charge in [0.15, 0.2) is 0 Å². The van der Waals surface area contributed by atoms with Gasteiger partial charge in [0.2, 0.25) is 11.8 Å². The number of nitrogens with two attached hydrogens (primary N) is 1. The summed E-state index contributed by atoms with van der Waals surface area (Å²) >= 11 is 3.09. The van der Waals surface area contributed by atoms with Crippen molar-refractivity contribution in [3.05, 3.63) is 57.7 Å². The van der Waals surface area contributed by atoms with Gasteiger partial charge in [-0.2, -0.15) is 5.90 Å². The van der Waals surface area contributed by atoms with Gasteiger partial charge in [-0.1, -0.05) is 12.1 Å². The molecule has 2 rings (SSSR count). The first-order valence-electron chi connectivity index (χ1n) is 11.6. The van der Waals surface area contributed by atoms with Gasteiger partial charge in [0.25, 0.3) is 0 Å². The van der Waals surface area contributed by atoms with Crippen LogP contribution in [0, 0.1) is 3.57 Å². The smallest absolute Gasteiger partial charge is 0.317 e. The predicted octanol–water partition coefficient (Wildman–Crippen LogP) is 1.19. The third-order valence-corrected chi connectivity index (χ3v) is 6.47. The van der Waals surface area contributed by atoms with Crippen LogP contribution in [0.4, 0.5) is 5.69 Å². The number of carbonyl (C=O) groups is 4. The highest BCUT2D eigenvalue weighted by Crippen LogP contribution is 2.19. The van der Waals surface area contributed by atoms with E-state index >= 15 is 0 Å². The molecule has 2 aromatic rings. The lowest BCUT2D eigenvalue weighted by Crippen LogP contribution is -2.46. The first kappa shape index (κ1) is 32.4. The van der Waals surface area contributed by atoms with Crippen molar-refractivity contribution in [3.63, 3.8) is 0 Å². The number of carboxylic acid groups (broad SMARTS) is 2. The van der Waals surface area contributed by atoms with Gasteiger partial charge in [-0.15, -0.1) is 9.32 Å². The maximum Gasteiger partial charge on any atom is 0.317 e. The molecule has 0 aliphatic carbocycles. The summed E-state index contributed by atoms with van der Waals surface area (Å²) in [6.07, 6.45) is 0.548. The molecule has 2 amide bonds. The maximum absolute atomic E-state index is 12.5. The molecule has 0 saturated carbocycles. The molecule has 0 atom stereocenters. The fourth-order valence-electron chi connectivity index (χ4n) is 3.41. The quantitative estimate of drug-likeness (QED) is 0.0660. The highest BCUT2D eigenvalue weighted by atomic mass is 127. The number of rotatable bonds is 18. The second-order valence-electron chi connectivity index (χ2n) is 8.26. The molecule has 0 radical (unpaired) electrons. The van der Waals surface area contributed by atoms with Crippen LogP contribution < -0.4 is 16.5 Å². The van der Waals surface area contributed by atoms with Gasteiger partial charge in [0.05, 0.1) is 38.2 Å². The Labute approximate surface area is 243 Å². The second kappa shape index (κ2) is 17.7. The van der Waals surface area contributed by atoms with Crippen molar-refractivity contribution in [2.45, 2.75) is 11.3 Å². The monoisotopic (exact) mass is 675 g/mol. The Bertz CT molecular complexity index is 1090. The fraction of sp³-hybridized carbons (Fsp3) is 0.333. The summed E-state index contributed by atoms with van der Waals surface area (Å²) < 4.78 is 5.57. The number of anilines is 1. The molecule has 39 heavy (non-hydrogen) atoms. The number of benzene rings is 2. The lowest BCUT2D eigenvalue weighted by molar-refractivity contribution is -0.195. The minimum Gasteiger partial charge on any atom is -0.480 e. The summed E-state index contributed by atoms with van der Waals surface area (Å²) in [6, 6.07) is 14.4. The van der Waals surface area contributed by atoms with Crippen molar-refractivity contribution in [1.82, 2.24) is 15.1 Å². The highest BCUT2D eigenvalue weighted by Gasteiger charge is 2.19. The standard InChI is InChI=1S/C24H30IN5O8S/c25-18-3-5-19(6-4-18)28-22(32)14-30(16-24(35)36)12-11-29(15-23(33)34)13-21(31)27-10-9-17-1-7-20(8-2-17)39-38-37-26/h1-8H,9-16,26H2,(H,27,31)(H,28,32)(H,33,34)(H,35,36). The van der Waals surface area contributed by atoms with E-state index in [1.165, 1.54) is 9.80 Å². The number of nitrogens with zero attached hydrogens (tertiary/aromatic N) is 2. The third-order valence-electron chi connectivity index (χ3n) is 5.14. The molecule has 0 aliphatic heterocycles. The summed E-state index contributed by atoms with van der Waals surface area (Å²) in [4.78, 5) is 55.2. The number of aliphatic carboxylic acids is 2. The summed E-state index contributed by atoms with van der Waals surface area (Å²) in [6.45, 7) is -0.791. The first-order chi connectivity index (χ1) is 18.6. The van der Waals surface area contributed by atoms with E-state index in [-0.39, 0.29) is 32.1 Å². The Hall–Kier alpha value is -2.80. The van der Waals surface area contributed by atoms with E-state index in [9.17, 15) is 29.4 Å². The minimum absolute atomic E-state index is 0.0657. The van der Waals surface area contributed by atoms with E-state index in [1.807, 2.05) is 24.3 Å². The van der Waals surface area contributed by atoms with Gasteiger partial charge >= 0.3 is 11.9 Å². The van der Waals surface area contributed by atoms with Crippen molar-refractivity contribution in [3.8, 4) is 0 Å². The Morgan fingerprint density at radius 3 is 1.95 bits per heavy atom. The summed E-state index contributed by atoms with van der Waals surface area (Å²) in [7, 11) is 0. The van der Waals surface area contributed by atoms with Crippen molar-refractivity contribution in [2.75, 3.05) is 51.1 Å². The van der Waals surface area contributed by atoms with E-state index in [1.54, 1.807) is 24.3 Å². The largest absolute Gasteiger partial charge is 0.480 e. The molecule has 0 saturated heterocycles. The molecule has 0 heterocycles. The van der Waals surface area contributed by atoms with Gasteiger partial charge in [-0.05, 0) is 71.0 Å². The van der Waals surface area contributed by atoms with Crippen LogP contribution in [-0.2, 0) is 34.9 Å². The number of hydrogen-bond acceptors (Lipinski definition) is 10. The number of amides is 2. The Kier molecular flexibility index (Phi) is 14.7. The van der Waals surface area contributed by atoms with Crippen LogP contribution >= 0.6 is 34.6 Å². The average Bonchev–Trinajstić information content (AvgIpc) is 2.87. The number of hydrogen-bond donors (Lipinski definition) is 5. The van der Waals surface area contributed by atoms with Crippen LogP contribution in [0.25, 0.3) is 0 Å². The maximum atomic E-state index is 12.5. The molecule has 0 unspecified atom stereocenters. The van der Waals surface area contributed by atoms with Crippen LogP contribution in [0.1, 0.15) is 5.56 Å². The van der Waals surface area contributed by atoms with Crippen LogP contribution in [0.2, 0.25) is 0 Å². The van der Waals surface area contributed by atoms with Crippen molar-refractivity contribution in [1.29, 1.82) is 0 Å². The van der Waals surface area contributed by atoms with Crippen molar-refractivity contribution < 1.29 is 38.7 Å². The molecular formula is C24H30IN5O8S. The SMILES string of the molecule is NOOSc1ccc(CCNC(=O)CN(CCN(CC(=O)O)CC(=O)Nc2ccc(I)cc2)CC(=O)O)cc1. The van der Waals surface area contributed by atoms with Crippen LogP contribution in [0.15, 0.2) is 53.4 Å². The summed E-state index contributed by atoms with van der Waals surface area (Å²) in [5, 5.41) is 24.0. The fourth-order valence-corrected chi connectivity index (χ4v) is 4.13. The molecule has 212 valence electrons. The first-order valence-corrected chi connectivity index (χ1v) is 13.5. The summed E-state index contributed by atoms with van der Waals surface area (Å²) in [5.41, 5.74) is 1.54. The number of halogens is 1. The van der Waals surface area contributed by atoms with Crippen LogP contribution in [0.5, 0.6) is 0 Å². The van der Waals surface area contributed by atoms with Crippen molar-refractivity contribution in [2.24, 2.45) is 5.90 Å². The average molecular weight is 676 g/mol. The second-order valence-corrected chi connectivity index (χ2v) is 10.3. The molecule has 0 bridgehead atoms. The third kappa shape index (κ3) is 14.2. The molecule has 0 aliphatic rings. The van der Waals surface area contributed by atoms with E-state index in [0.29, 0.717) is 18.7 Å². The topological polar surface area (TPSA) is 184 Å². The normalized spacial score (nSPS) is 11.0. The van der Waals surface area contributed by atoms with Crippen molar-refractivity contribution >= 4 is 64.1 Å². The Balaban J connectivity index is 1.85. The highest BCUT2D eigenvalue weighted by molar-refractivity contribution is 14.1. The zero-order valence-electron chi connectivity index (χ0n) is 20.9. The van der Waals surface area contributed by atoms with Gasteiger partial charge in [-0.25, -0.2) is 0 Å². The number of nitrogens with one attached hydrogen (secondary N) is 2. The number of carbonyl (C=O) groups excluding carboxylic acids is 2. The van der Waals surface area contributed by atoms with E-state index in [0.717, 1.165) is 26.1 Å². The predicted molar refractivity (Wildman–Crippen MR) is 151 cm³/mol. The zero-order chi connectivity index (χ0) is 28.6. The van der Waals surface area contributed by atoms with E-state index in [4.69, 9.17) is 5.90 Å². The molecule has 0 spiro atoms. The Morgan fingerprint density at radius 2 is 1.41 bits per heavy atom. The summed E-state index contributed by atoms with van der Waals surface area (Å²) in [5.74, 6) is 1.75. The molecule has 0 fully saturated rings. The van der Waals surface area contributed by atoms with Gasteiger partial charge in [-0.3, -0.25) is 29.0 Å². The Morgan fingerprint density at radius 1 is 0.846 bits per heavy atom.